The Hall–Kier alpha value is -4.01. The van der Waals surface area contributed by atoms with Gasteiger partial charge in [-0.3, -0.25) is 4.79 Å². The van der Waals surface area contributed by atoms with E-state index in [-0.39, 0.29) is 5.78 Å². The van der Waals surface area contributed by atoms with Crippen molar-refractivity contribution in [1.82, 2.24) is 0 Å². The molecule has 2 atom stereocenters. The third-order valence-corrected chi connectivity index (χ3v) is 7.20. The molecule has 0 saturated carbocycles. The van der Waals surface area contributed by atoms with Gasteiger partial charge in [0, 0.05) is 16.7 Å². The standard InChI is InChI=1S/C31H20O2/c32-29-24(21-12-4-1-5-13-21)20-27-28(29)31(23-16-8-3-9-17-23)26-19-11-10-18-25(26)30(27,33-31)22-14-6-2-7-15-22/h1-20H. The van der Waals surface area contributed by atoms with Crippen molar-refractivity contribution >= 4 is 11.4 Å². The highest BCUT2D eigenvalue weighted by Gasteiger charge is 2.67. The molecule has 0 aromatic heterocycles. The summed E-state index contributed by atoms with van der Waals surface area (Å²) in [5, 5.41) is 0. The SMILES string of the molecule is O=C1C(c2ccccc2)=CC2=C1C1(c3ccccc3)OC2(c2ccccc2)c2ccccc21. The van der Waals surface area contributed by atoms with E-state index in [0.29, 0.717) is 0 Å². The molecule has 156 valence electrons. The summed E-state index contributed by atoms with van der Waals surface area (Å²) in [4.78, 5) is 14.1. The van der Waals surface area contributed by atoms with Gasteiger partial charge in [0.1, 0.15) is 11.2 Å². The fraction of sp³-hybridized carbons (Fsp3) is 0.0645. The number of allylic oxidation sites excluding steroid dienone is 1. The molecule has 0 saturated heterocycles. The number of carbonyl (C=O) groups excluding carboxylic acids is 1. The zero-order valence-electron chi connectivity index (χ0n) is 17.9. The summed E-state index contributed by atoms with van der Waals surface area (Å²) in [6.07, 6.45) is 2.07. The summed E-state index contributed by atoms with van der Waals surface area (Å²) < 4.78 is 7.17. The van der Waals surface area contributed by atoms with E-state index >= 15 is 0 Å². The molecule has 0 fully saturated rings. The van der Waals surface area contributed by atoms with Crippen LogP contribution in [0, 0.1) is 0 Å². The Morgan fingerprint density at radius 3 is 1.64 bits per heavy atom. The molecule has 0 N–H and O–H groups in total. The monoisotopic (exact) mass is 424 g/mol. The van der Waals surface area contributed by atoms with Crippen LogP contribution in [0.5, 0.6) is 0 Å². The topological polar surface area (TPSA) is 26.3 Å². The minimum absolute atomic E-state index is 0.0485. The van der Waals surface area contributed by atoms with Crippen LogP contribution in [0.15, 0.2) is 132 Å². The van der Waals surface area contributed by atoms with Gasteiger partial charge in [-0.1, -0.05) is 115 Å². The van der Waals surface area contributed by atoms with Crippen molar-refractivity contribution in [1.29, 1.82) is 0 Å². The number of fused-ring (bicyclic) bond motifs is 7. The van der Waals surface area contributed by atoms with E-state index in [2.05, 4.69) is 48.5 Å². The van der Waals surface area contributed by atoms with Gasteiger partial charge >= 0.3 is 0 Å². The lowest BCUT2D eigenvalue weighted by Gasteiger charge is -2.30. The first-order valence-electron chi connectivity index (χ1n) is 11.2. The summed E-state index contributed by atoms with van der Waals surface area (Å²) in [6, 6.07) is 38.8. The van der Waals surface area contributed by atoms with E-state index in [1.54, 1.807) is 0 Å². The van der Waals surface area contributed by atoms with Crippen molar-refractivity contribution in [3.8, 4) is 0 Å². The number of ether oxygens (including phenoxy) is 1. The van der Waals surface area contributed by atoms with Crippen LogP contribution in [0.3, 0.4) is 0 Å². The number of hydrogen-bond donors (Lipinski definition) is 0. The first-order chi connectivity index (χ1) is 16.3. The molecule has 1 aliphatic carbocycles. The van der Waals surface area contributed by atoms with Crippen LogP contribution in [0.1, 0.15) is 27.8 Å². The molecular formula is C31H20O2. The quantitative estimate of drug-likeness (QED) is 0.393. The summed E-state index contributed by atoms with van der Waals surface area (Å²) in [6.45, 7) is 0. The summed E-state index contributed by atoms with van der Waals surface area (Å²) in [5.74, 6) is 0.0485. The van der Waals surface area contributed by atoms with Gasteiger partial charge in [0.15, 0.2) is 5.78 Å². The maximum absolute atomic E-state index is 14.1. The molecule has 3 aliphatic rings. The highest BCUT2D eigenvalue weighted by atomic mass is 16.5. The van der Waals surface area contributed by atoms with Crippen LogP contribution in [0.4, 0.5) is 0 Å². The van der Waals surface area contributed by atoms with Gasteiger partial charge in [-0.05, 0) is 33.9 Å². The zero-order chi connectivity index (χ0) is 22.0. The van der Waals surface area contributed by atoms with Crippen LogP contribution in [0.2, 0.25) is 0 Å². The number of ketones is 1. The van der Waals surface area contributed by atoms with Crippen LogP contribution in [0.25, 0.3) is 5.57 Å². The van der Waals surface area contributed by atoms with Gasteiger partial charge in [0.05, 0.1) is 0 Å². The lowest BCUT2D eigenvalue weighted by molar-refractivity contribution is -0.113. The molecule has 0 spiro atoms. The fourth-order valence-electron chi connectivity index (χ4n) is 5.90. The maximum atomic E-state index is 14.1. The third kappa shape index (κ3) is 2.19. The van der Waals surface area contributed by atoms with Gasteiger partial charge in [0.25, 0.3) is 0 Å². The fourth-order valence-corrected chi connectivity index (χ4v) is 5.90. The number of benzene rings is 4. The molecule has 2 heteroatoms. The minimum atomic E-state index is -0.937. The second-order valence-corrected chi connectivity index (χ2v) is 8.78. The third-order valence-electron chi connectivity index (χ3n) is 7.20. The van der Waals surface area contributed by atoms with E-state index in [4.69, 9.17) is 4.74 Å². The Labute approximate surface area is 192 Å². The van der Waals surface area contributed by atoms with Gasteiger partial charge in [-0.25, -0.2) is 0 Å². The number of rotatable bonds is 3. The number of carbonyl (C=O) groups is 1. The van der Waals surface area contributed by atoms with E-state index in [9.17, 15) is 4.79 Å². The Bertz CT molecular complexity index is 1480. The van der Waals surface area contributed by atoms with E-state index < -0.39 is 11.2 Å². The molecule has 7 rings (SSSR count). The van der Waals surface area contributed by atoms with E-state index in [1.807, 2.05) is 72.8 Å². The average molecular weight is 424 g/mol. The molecule has 2 heterocycles. The lowest BCUT2D eigenvalue weighted by atomic mass is 9.69. The van der Waals surface area contributed by atoms with Crippen molar-refractivity contribution in [2.24, 2.45) is 0 Å². The molecule has 2 bridgehead atoms. The second-order valence-electron chi connectivity index (χ2n) is 8.78. The van der Waals surface area contributed by atoms with Crippen LogP contribution < -0.4 is 0 Å². The molecule has 2 unspecified atom stereocenters. The highest BCUT2D eigenvalue weighted by molar-refractivity contribution is 6.34. The maximum Gasteiger partial charge on any atom is 0.193 e. The second kappa shape index (κ2) is 6.50. The number of hydrogen-bond acceptors (Lipinski definition) is 2. The summed E-state index contributed by atoms with van der Waals surface area (Å²) >= 11 is 0. The van der Waals surface area contributed by atoms with Crippen molar-refractivity contribution in [3.05, 3.63) is 160 Å². The molecule has 0 amide bonds. The first kappa shape index (κ1) is 18.6. The molecule has 2 nitrogen and oxygen atoms in total. The molecule has 4 aromatic carbocycles. The van der Waals surface area contributed by atoms with Gasteiger partial charge in [0.2, 0.25) is 0 Å². The van der Waals surface area contributed by atoms with Crippen LogP contribution in [-0.2, 0) is 20.7 Å². The molecule has 33 heavy (non-hydrogen) atoms. The number of Topliss-reactive ketones (excluding diaryl/α,β-unsaturated/α-hetero) is 1. The Morgan fingerprint density at radius 1 is 0.545 bits per heavy atom. The normalized spacial score (nSPS) is 24.6. The van der Waals surface area contributed by atoms with Gasteiger partial charge in [-0.15, -0.1) is 0 Å². The van der Waals surface area contributed by atoms with Crippen molar-refractivity contribution in [2.75, 3.05) is 0 Å². The van der Waals surface area contributed by atoms with Crippen LogP contribution in [-0.4, -0.2) is 5.78 Å². The van der Waals surface area contributed by atoms with Crippen molar-refractivity contribution in [2.45, 2.75) is 11.2 Å². The van der Waals surface area contributed by atoms with Crippen LogP contribution >= 0.6 is 0 Å². The molecule has 2 aliphatic heterocycles. The largest absolute Gasteiger partial charge is 0.340 e. The Balaban J connectivity index is 1.58. The first-order valence-corrected chi connectivity index (χ1v) is 11.2. The molecule has 4 aromatic rings. The predicted molar refractivity (Wildman–Crippen MR) is 128 cm³/mol. The van der Waals surface area contributed by atoms with Crippen molar-refractivity contribution in [3.63, 3.8) is 0 Å². The smallest absolute Gasteiger partial charge is 0.193 e. The Morgan fingerprint density at radius 2 is 1.03 bits per heavy atom. The molecule has 0 radical (unpaired) electrons. The Kier molecular flexibility index (Phi) is 3.66. The summed E-state index contributed by atoms with van der Waals surface area (Å²) in [5.41, 5.74) is 5.80. The average Bonchev–Trinajstić information content (AvgIpc) is 3.51. The predicted octanol–water partition coefficient (Wildman–Crippen LogP) is 6.18. The highest BCUT2D eigenvalue weighted by Crippen LogP contribution is 2.68. The van der Waals surface area contributed by atoms with Gasteiger partial charge < -0.3 is 4.74 Å². The lowest BCUT2D eigenvalue weighted by Crippen LogP contribution is -2.31. The summed E-state index contributed by atoms with van der Waals surface area (Å²) in [7, 11) is 0. The van der Waals surface area contributed by atoms with Crippen molar-refractivity contribution < 1.29 is 9.53 Å². The molecular weight excluding hydrogens is 404 g/mol. The zero-order valence-corrected chi connectivity index (χ0v) is 17.9. The van der Waals surface area contributed by atoms with Gasteiger partial charge in [-0.2, -0.15) is 0 Å². The minimum Gasteiger partial charge on any atom is -0.340 e. The van der Waals surface area contributed by atoms with E-state index in [1.165, 1.54) is 0 Å². The van der Waals surface area contributed by atoms with E-state index in [0.717, 1.165) is 44.5 Å².